The summed E-state index contributed by atoms with van der Waals surface area (Å²) in [6.45, 7) is 0.502. The molecule has 2 heterocycles. The standard InChI is InChI=1S/C24H23Cl2N5O4S/c1-29(10-11-31(36(2,34)35)14-16-4-3-5-17(12-16)24(32)33)21-13-20(30-9-8-27-15-30)18-6-7-19(25)22(26)23(18)28-21/h3-9,12-13,15H,10-11,14H2,1-2H3,(H,32,33). The minimum absolute atomic E-state index is 0.0423. The first-order chi connectivity index (χ1) is 17.0. The summed E-state index contributed by atoms with van der Waals surface area (Å²) in [7, 11) is -1.78. The van der Waals surface area contributed by atoms with Crippen LogP contribution < -0.4 is 4.90 Å². The van der Waals surface area contributed by atoms with Gasteiger partial charge in [-0.1, -0.05) is 35.3 Å². The van der Waals surface area contributed by atoms with Gasteiger partial charge >= 0.3 is 5.97 Å². The van der Waals surface area contributed by atoms with Crippen LogP contribution in [0.5, 0.6) is 0 Å². The molecule has 12 heteroatoms. The number of likely N-dealkylation sites (N-methyl/N-ethyl adjacent to an activating group) is 1. The monoisotopic (exact) mass is 547 g/mol. The normalized spacial score (nSPS) is 11.8. The summed E-state index contributed by atoms with van der Waals surface area (Å²) < 4.78 is 28.1. The summed E-state index contributed by atoms with van der Waals surface area (Å²) in [5.41, 5.74) is 1.99. The molecule has 0 atom stereocenters. The first-order valence-electron chi connectivity index (χ1n) is 10.8. The first kappa shape index (κ1) is 25.9. The number of imidazole rings is 1. The van der Waals surface area contributed by atoms with Gasteiger partial charge in [-0.05, 0) is 29.8 Å². The van der Waals surface area contributed by atoms with Crippen LogP contribution in [0.15, 0.2) is 61.2 Å². The van der Waals surface area contributed by atoms with E-state index in [0.717, 1.165) is 17.3 Å². The third-order valence-electron chi connectivity index (χ3n) is 5.70. The average Bonchev–Trinajstić information content (AvgIpc) is 3.37. The van der Waals surface area contributed by atoms with E-state index in [2.05, 4.69) is 4.98 Å². The van der Waals surface area contributed by atoms with E-state index in [9.17, 15) is 18.3 Å². The smallest absolute Gasteiger partial charge is 0.335 e. The van der Waals surface area contributed by atoms with Crippen molar-refractivity contribution < 1.29 is 18.3 Å². The van der Waals surface area contributed by atoms with Crippen LogP contribution in [0.2, 0.25) is 10.0 Å². The maximum absolute atomic E-state index is 12.5. The van der Waals surface area contributed by atoms with E-state index in [1.807, 2.05) is 21.6 Å². The van der Waals surface area contributed by atoms with E-state index < -0.39 is 16.0 Å². The molecule has 4 aromatic rings. The number of anilines is 1. The topological polar surface area (TPSA) is 109 Å². The molecular formula is C24H23Cl2N5O4S. The second-order valence-corrected chi connectivity index (χ2v) is 11.0. The van der Waals surface area contributed by atoms with Crippen molar-refractivity contribution in [2.24, 2.45) is 0 Å². The van der Waals surface area contributed by atoms with Gasteiger partial charge in [0.2, 0.25) is 10.0 Å². The molecule has 2 aromatic carbocycles. The number of hydrogen-bond donors (Lipinski definition) is 1. The lowest BCUT2D eigenvalue weighted by Gasteiger charge is -2.25. The number of rotatable bonds is 9. The van der Waals surface area contributed by atoms with Crippen LogP contribution in [0.3, 0.4) is 0 Å². The van der Waals surface area contributed by atoms with E-state index in [-0.39, 0.29) is 18.7 Å². The predicted octanol–water partition coefficient (Wildman–Crippen LogP) is 4.32. The second kappa shape index (κ2) is 10.4. The van der Waals surface area contributed by atoms with Gasteiger partial charge in [0.05, 0.1) is 39.4 Å². The SMILES string of the molecule is CN(CCN(Cc1cccc(C(=O)O)c1)S(C)(=O)=O)c1cc(-n2ccnc2)c2ccc(Cl)c(Cl)c2n1. The quantitative estimate of drug-likeness (QED) is 0.332. The van der Waals surface area contributed by atoms with Crippen molar-refractivity contribution in [1.29, 1.82) is 0 Å². The zero-order valence-corrected chi connectivity index (χ0v) is 21.8. The van der Waals surface area contributed by atoms with Crippen molar-refractivity contribution in [3.63, 3.8) is 0 Å². The minimum atomic E-state index is -3.58. The van der Waals surface area contributed by atoms with Crippen molar-refractivity contribution in [1.82, 2.24) is 18.8 Å². The number of benzene rings is 2. The molecule has 2 aromatic heterocycles. The largest absolute Gasteiger partial charge is 0.478 e. The van der Waals surface area contributed by atoms with Crippen LogP contribution in [0.1, 0.15) is 15.9 Å². The Bertz CT molecular complexity index is 1530. The fraction of sp³-hybridized carbons (Fsp3) is 0.208. The predicted molar refractivity (Wildman–Crippen MR) is 141 cm³/mol. The second-order valence-electron chi connectivity index (χ2n) is 8.25. The Morgan fingerprint density at radius 2 is 1.92 bits per heavy atom. The Hall–Kier alpha value is -3.18. The van der Waals surface area contributed by atoms with Crippen LogP contribution in [0, 0.1) is 0 Å². The third kappa shape index (κ3) is 5.62. The Morgan fingerprint density at radius 1 is 1.14 bits per heavy atom. The van der Waals surface area contributed by atoms with Gasteiger partial charge in [0.1, 0.15) is 5.82 Å². The Kier molecular flexibility index (Phi) is 7.51. The highest BCUT2D eigenvalue weighted by Gasteiger charge is 2.20. The molecule has 4 rings (SSSR count). The maximum atomic E-state index is 12.5. The van der Waals surface area contributed by atoms with Crippen molar-refractivity contribution in [2.45, 2.75) is 6.54 Å². The van der Waals surface area contributed by atoms with E-state index >= 15 is 0 Å². The summed E-state index contributed by atoms with van der Waals surface area (Å²) in [5, 5.41) is 10.7. The molecule has 0 unspecified atom stereocenters. The summed E-state index contributed by atoms with van der Waals surface area (Å²) in [6, 6.07) is 11.6. The highest BCUT2D eigenvalue weighted by molar-refractivity contribution is 7.88. The maximum Gasteiger partial charge on any atom is 0.335 e. The number of nitrogens with zero attached hydrogens (tertiary/aromatic N) is 5. The Balaban J connectivity index is 1.63. The van der Waals surface area contributed by atoms with Crippen molar-refractivity contribution in [3.8, 4) is 5.69 Å². The lowest BCUT2D eigenvalue weighted by molar-refractivity contribution is 0.0696. The minimum Gasteiger partial charge on any atom is -0.478 e. The number of pyridine rings is 1. The molecule has 9 nitrogen and oxygen atoms in total. The molecule has 188 valence electrons. The van der Waals surface area contributed by atoms with Crippen LogP contribution in [-0.2, 0) is 16.6 Å². The number of hydrogen-bond acceptors (Lipinski definition) is 6. The highest BCUT2D eigenvalue weighted by Crippen LogP contribution is 2.34. The summed E-state index contributed by atoms with van der Waals surface area (Å²) in [4.78, 5) is 21.9. The number of halogens is 2. The van der Waals surface area contributed by atoms with Gasteiger partial charge in [-0.15, -0.1) is 0 Å². The van der Waals surface area contributed by atoms with Crippen LogP contribution >= 0.6 is 23.2 Å². The van der Waals surface area contributed by atoms with E-state index in [1.165, 1.54) is 16.4 Å². The molecule has 0 fully saturated rings. The molecule has 0 amide bonds. The zero-order valence-electron chi connectivity index (χ0n) is 19.5. The molecule has 0 spiro atoms. The third-order valence-corrected chi connectivity index (χ3v) is 7.74. The van der Waals surface area contributed by atoms with E-state index in [1.54, 1.807) is 44.0 Å². The van der Waals surface area contributed by atoms with E-state index in [4.69, 9.17) is 28.2 Å². The molecule has 0 saturated heterocycles. The first-order valence-corrected chi connectivity index (χ1v) is 13.4. The number of carbonyl (C=O) groups is 1. The summed E-state index contributed by atoms with van der Waals surface area (Å²) in [6.07, 6.45) is 6.26. The Labute approximate surface area is 218 Å². The highest BCUT2D eigenvalue weighted by atomic mass is 35.5. The summed E-state index contributed by atoms with van der Waals surface area (Å²) >= 11 is 12.7. The van der Waals surface area contributed by atoms with Gasteiger partial charge in [0, 0.05) is 50.5 Å². The molecular weight excluding hydrogens is 525 g/mol. The molecule has 0 saturated carbocycles. The number of aromatic nitrogens is 3. The lowest BCUT2D eigenvalue weighted by Crippen LogP contribution is -2.36. The van der Waals surface area contributed by atoms with Crippen molar-refractivity contribution in [3.05, 3.63) is 82.4 Å². The molecule has 1 N–H and O–H groups in total. The number of fused-ring (bicyclic) bond motifs is 1. The van der Waals surface area contributed by atoms with E-state index in [0.29, 0.717) is 33.5 Å². The molecule has 0 aliphatic carbocycles. The molecule has 36 heavy (non-hydrogen) atoms. The molecule has 0 aliphatic rings. The lowest BCUT2D eigenvalue weighted by atomic mass is 10.1. The van der Waals surface area contributed by atoms with Crippen LogP contribution in [-0.4, -0.2) is 64.7 Å². The fourth-order valence-electron chi connectivity index (χ4n) is 3.76. The Morgan fingerprint density at radius 3 is 2.58 bits per heavy atom. The fourth-order valence-corrected chi connectivity index (χ4v) is 4.91. The molecule has 0 aliphatic heterocycles. The van der Waals surface area contributed by atoms with Gasteiger partial charge < -0.3 is 14.6 Å². The zero-order chi connectivity index (χ0) is 26.0. The van der Waals surface area contributed by atoms with Crippen LogP contribution in [0.4, 0.5) is 5.82 Å². The molecule has 0 radical (unpaired) electrons. The number of aromatic carboxylic acids is 1. The van der Waals surface area contributed by atoms with Crippen molar-refractivity contribution in [2.75, 3.05) is 31.3 Å². The van der Waals surface area contributed by atoms with Gasteiger partial charge in [0.15, 0.2) is 0 Å². The van der Waals surface area contributed by atoms with Gasteiger partial charge in [0.25, 0.3) is 0 Å². The number of carboxylic acids is 1. The van der Waals surface area contributed by atoms with Crippen LogP contribution in [0.25, 0.3) is 16.6 Å². The summed E-state index contributed by atoms with van der Waals surface area (Å²) in [5.74, 6) is -0.506. The van der Waals surface area contributed by atoms with Gasteiger partial charge in [-0.25, -0.2) is 23.2 Å². The van der Waals surface area contributed by atoms with Gasteiger partial charge in [-0.2, -0.15) is 4.31 Å². The van der Waals surface area contributed by atoms with Crippen molar-refractivity contribution >= 4 is 55.9 Å². The number of carboxylic acid groups (broad SMARTS) is 1. The molecule has 0 bridgehead atoms. The van der Waals surface area contributed by atoms with Gasteiger partial charge in [-0.3, -0.25) is 0 Å². The average molecular weight is 548 g/mol. The number of sulfonamides is 1.